The Hall–Kier alpha value is -0.820. The van der Waals surface area contributed by atoms with E-state index in [0.29, 0.717) is 5.92 Å². The van der Waals surface area contributed by atoms with Crippen LogP contribution in [0.15, 0.2) is 12.4 Å². The highest BCUT2D eigenvalue weighted by atomic mass is 35.5. The lowest BCUT2D eigenvalue weighted by Gasteiger charge is -2.33. The first kappa shape index (κ1) is 21.2. The van der Waals surface area contributed by atoms with Crippen molar-refractivity contribution in [1.29, 1.82) is 0 Å². The lowest BCUT2D eigenvalue weighted by Crippen LogP contribution is -2.49. The molecule has 22 heavy (non-hydrogen) atoms. The van der Waals surface area contributed by atoms with Crippen molar-refractivity contribution in [3.8, 4) is 0 Å². The summed E-state index contributed by atoms with van der Waals surface area (Å²) in [6, 6.07) is -0.537. The summed E-state index contributed by atoms with van der Waals surface area (Å²) in [4.78, 5) is 13.9. The van der Waals surface area contributed by atoms with Crippen LogP contribution >= 0.6 is 24.8 Å². The van der Waals surface area contributed by atoms with Gasteiger partial charge in [0.1, 0.15) is 6.04 Å². The molecular weight excluding hydrogens is 327 g/mol. The topological polar surface area (TPSA) is 73.4 Å². The summed E-state index contributed by atoms with van der Waals surface area (Å²) in [6.07, 6.45) is 5.95. The van der Waals surface area contributed by atoms with Gasteiger partial charge < -0.3 is 15.4 Å². The van der Waals surface area contributed by atoms with Gasteiger partial charge in [-0.1, -0.05) is 0 Å². The Bertz CT molecular complexity index is 448. The van der Waals surface area contributed by atoms with Crippen LogP contribution in [0.3, 0.4) is 0 Å². The number of aromatic nitrogens is 2. The van der Waals surface area contributed by atoms with Crippen molar-refractivity contribution in [1.82, 2.24) is 14.7 Å². The third-order valence-electron chi connectivity index (χ3n) is 3.80. The number of piperidine rings is 1. The summed E-state index contributed by atoms with van der Waals surface area (Å²) in [6.45, 7) is 4.82. The number of halogens is 2. The molecular formula is C14H26Cl2N4O2. The molecule has 6 nitrogen and oxygen atoms in total. The number of methoxy groups -OCH3 is 1. The molecule has 1 amide bonds. The fourth-order valence-corrected chi connectivity index (χ4v) is 2.65. The monoisotopic (exact) mass is 352 g/mol. The fraction of sp³-hybridized carbons (Fsp3) is 0.714. The summed E-state index contributed by atoms with van der Waals surface area (Å²) in [5.41, 5.74) is 6.97. The van der Waals surface area contributed by atoms with E-state index in [1.54, 1.807) is 7.11 Å². The third kappa shape index (κ3) is 5.76. The highest BCUT2D eigenvalue weighted by Gasteiger charge is 2.26. The van der Waals surface area contributed by atoms with Crippen molar-refractivity contribution >= 4 is 30.7 Å². The molecule has 1 aliphatic heterocycles. The van der Waals surface area contributed by atoms with Crippen LogP contribution in [-0.2, 0) is 16.1 Å². The molecule has 1 aliphatic rings. The van der Waals surface area contributed by atoms with Crippen LogP contribution < -0.4 is 5.73 Å². The molecule has 0 aromatic carbocycles. The van der Waals surface area contributed by atoms with E-state index in [4.69, 9.17) is 10.5 Å². The van der Waals surface area contributed by atoms with E-state index in [1.807, 2.05) is 22.7 Å². The molecule has 128 valence electrons. The van der Waals surface area contributed by atoms with E-state index < -0.39 is 6.04 Å². The number of carbonyl (C=O) groups excluding carboxylic acids is 1. The number of carbonyl (C=O) groups is 1. The minimum absolute atomic E-state index is 0. The molecule has 2 heterocycles. The summed E-state index contributed by atoms with van der Waals surface area (Å²) in [7, 11) is 1.56. The molecule has 1 atom stereocenters. The lowest BCUT2D eigenvalue weighted by molar-refractivity contribution is -0.135. The van der Waals surface area contributed by atoms with Crippen LogP contribution in [0.2, 0.25) is 0 Å². The second-order valence-corrected chi connectivity index (χ2v) is 5.57. The van der Waals surface area contributed by atoms with Crippen LogP contribution in [0.25, 0.3) is 0 Å². The zero-order valence-corrected chi connectivity index (χ0v) is 14.7. The molecule has 1 saturated heterocycles. The van der Waals surface area contributed by atoms with E-state index in [0.717, 1.165) is 32.5 Å². The number of likely N-dealkylation sites (tertiary alicyclic amines) is 1. The molecule has 1 unspecified atom stereocenters. The second-order valence-electron chi connectivity index (χ2n) is 5.57. The quantitative estimate of drug-likeness (QED) is 0.865. The molecule has 0 radical (unpaired) electrons. The van der Waals surface area contributed by atoms with E-state index >= 15 is 0 Å². The van der Waals surface area contributed by atoms with Gasteiger partial charge in [-0.25, -0.2) is 0 Å². The Balaban J connectivity index is 0.00000220. The Morgan fingerprint density at radius 2 is 2.09 bits per heavy atom. The largest absolute Gasteiger partial charge is 0.383 e. The van der Waals surface area contributed by atoms with Crippen molar-refractivity contribution in [2.24, 2.45) is 11.7 Å². The molecule has 0 bridgehead atoms. The van der Waals surface area contributed by atoms with Gasteiger partial charge in [0.2, 0.25) is 5.91 Å². The van der Waals surface area contributed by atoms with Gasteiger partial charge in [0.15, 0.2) is 0 Å². The van der Waals surface area contributed by atoms with Crippen LogP contribution in [0, 0.1) is 12.8 Å². The number of nitrogens with zero attached hydrogens (tertiary/aromatic N) is 3. The molecule has 1 aromatic rings. The van der Waals surface area contributed by atoms with Crippen molar-refractivity contribution in [2.45, 2.75) is 32.4 Å². The smallest absolute Gasteiger partial charge is 0.241 e. The standard InChI is InChI=1S/C14H24N4O2.2ClH/c1-11-7-16-18(8-11)9-12-3-5-17(6-4-12)14(19)13(15)10-20-2;;/h7-8,12-13H,3-6,9-10,15H2,1-2H3;2*1H. The second kappa shape index (κ2) is 10.0. The van der Waals surface area contributed by atoms with Gasteiger partial charge in [0.25, 0.3) is 0 Å². The van der Waals surface area contributed by atoms with Crippen molar-refractivity contribution in [3.63, 3.8) is 0 Å². The maximum atomic E-state index is 12.1. The SMILES string of the molecule is COCC(N)C(=O)N1CCC(Cn2cc(C)cn2)CC1.Cl.Cl. The summed E-state index contributed by atoms with van der Waals surface area (Å²) < 4.78 is 6.93. The van der Waals surface area contributed by atoms with Gasteiger partial charge in [-0.2, -0.15) is 5.10 Å². The molecule has 8 heteroatoms. The van der Waals surface area contributed by atoms with Gasteiger partial charge >= 0.3 is 0 Å². The van der Waals surface area contributed by atoms with Gasteiger partial charge in [0, 0.05) is 32.9 Å². The van der Waals surface area contributed by atoms with Gasteiger partial charge in [-0.15, -0.1) is 24.8 Å². The normalized spacial score (nSPS) is 16.6. The van der Waals surface area contributed by atoms with E-state index in [-0.39, 0.29) is 37.3 Å². The lowest BCUT2D eigenvalue weighted by atomic mass is 9.96. The van der Waals surface area contributed by atoms with E-state index in [9.17, 15) is 4.79 Å². The zero-order valence-electron chi connectivity index (χ0n) is 13.1. The van der Waals surface area contributed by atoms with Crippen LogP contribution in [0.1, 0.15) is 18.4 Å². The molecule has 1 fully saturated rings. The fourth-order valence-electron chi connectivity index (χ4n) is 2.65. The van der Waals surface area contributed by atoms with Crippen molar-refractivity contribution < 1.29 is 9.53 Å². The minimum atomic E-state index is -0.537. The number of amides is 1. The van der Waals surface area contributed by atoms with Crippen molar-refractivity contribution in [2.75, 3.05) is 26.8 Å². The third-order valence-corrected chi connectivity index (χ3v) is 3.80. The molecule has 1 aromatic heterocycles. The molecule has 0 saturated carbocycles. The van der Waals surface area contributed by atoms with Gasteiger partial charge in [-0.3, -0.25) is 9.48 Å². The Morgan fingerprint density at radius 3 is 2.59 bits per heavy atom. The van der Waals surface area contributed by atoms with Crippen LogP contribution in [0.4, 0.5) is 0 Å². The predicted molar refractivity (Wildman–Crippen MR) is 90.6 cm³/mol. The zero-order chi connectivity index (χ0) is 14.5. The molecule has 2 N–H and O–H groups in total. The average molecular weight is 353 g/mol. The number of rotatable bonds is 5. The molecule has 0 aliphatic carbocycles. The van der Waals surface area contributed by atoms with Gasteiger partial charge in [0.05, 0.1) is 12.8 Å². The van der Waals surface area contributed by atoms with Crippen LogP contribution in [0.5, 0.6) is 0 Å². The number of aryl methyl sites for hydroxylation is 1. The highest BCUT2D eigenvalue weighted by Crippen LogP contribution is 2.19. The summed E-state index contributed by atoms with van der Waals surface area (Å²) in [5.74, 6) is 0.581. The minimum Gasteiger partial charge on any atom is -0.383 e. The first-order valence-electron chi connectivity index (χ1n) is 7.12. The number of hydrogen-bond donors (Lipinski definition) is 1. The first-order chi connectivity index (χ1) is 9.60. The first-order valence-corrected chi connectivity index (χ1v) is 7.12. The van der Waals surface area contributed by atoms with Crippen LogP contribution in [-0.4, -0.2) is 53.4 Å². The Labute approximate surface area is 144 Å². The number of nitrogens with two attached hydrogens (primary N) is 1. The van der Waals surface area contributed by atoms with E-state index in [1.165, 1.54) is 5.56 Å². The van der Waals surface area contributed by atoms with E-state index in [2.05, 4.69) is 11.3 Å². The average Bonchev–Trinajstić information content (AvgIpc) is 2.84. The maximum Gasteiger partial charge on any atom is 0.241 e. The predicted octanol–water partition coefficient (Wildman–Crippen LogP) is 1.25. The Morgan fingerprint density at radius 1 is 1.45 bits per heavy atom. The highest BCUT2D eigenvalue weighted by molar-refractivity contribution is 5.85. The summed E-state index contributed by atoms with van der Waals surface area (Å²) >= 11 is 0. The summed E-state index contributed by atoms with van der Waals surface area (Å²) in [5, 5.41) is 4.32. The van der Waals surface area contributed by atoms with Gasteiger partial charge in [-0.05, 0) is 31.2 Å². The maximum absolute atomic E-state index is 12.1. The van der Waals surface area contributed by atoms with Crippen molar-refractivity contribution in [3.05, 3.63) is 18.0 Å². The number of hydrogen-bond acceptors (Lipinski definition) is 4. The Kier molecular flexibility index (Phi) is 9.67. The number of ether oxygens (including phenoxy) is 1. The molecule has 2 rings (SSSR count). The molecule has 0 spiro atoms.